The maximum absolute atomic E-state index is 12.6. The fraction of sp³-hybridized carbons (Fsp3) is 0.421. The molecule has 4 rings (SSSR count). The Kier molecular flexibility index (Phi) is 4.95. The molecule has 4 heterocycles. The van der Waals surface area contributed by atoms with Crippen molar-refractivity contribution in [3.8, 4) is 11.4 Å². The highest BCUT2D eigenvalue weighted by molar-refractivity contribution is 5.77. The maximum atomic E-state index is 12.6. The van der Waals surface area contributed by atoms with Crippen LogP contribution < -0.4 is 0 Å². The van der Waals surface area contributed by atoms with Crippen LogP contribution in [0.3, 0.4) is 0 Å². The molecule has 0 spiro atoms. The van der Waals surface area contributed by atoms with Crippen LogP contribution in [0.1, 0.15) is 49.1 Å². The minimum Gasteiger partial charge on any atom is -0.361 e. The van der Waals surface area contributed by atoms with Gasteiger partial charge in [0.25, 0.3) is 0 Å². The van der Waals surface area contributed by atoms with Gasteiger partial charge < -0.3 is 13.9 Å². The van der Waals surface area contributed by atoms with Crippen LogP contribution in [0.25, 0.3) is 11.4 Å². The summed E-state index contributed by atoms with van der Waals surface area (Å²) in [5.74, 6) is 1.95. The molecule has 1 saturated heterocycles. The molecule has 0 saturated carbocycles. The standard InChI is InChI=1S/C19H21N5O3/c1-13-11-15(22-26-13)16-6-4-10-24(16)18(25)8-2-7-17-21-19(23-27-17)14-5-3-9-20-12-14/h3,5,9,11-12,16H,2,4,6-8,10H2,1H3/t16-/m1/s1. The maximum Gasteiger partial charge on any atom is 0.226 e. The Morgan fingerprint density at radius 1 is 1.33 bits per heavy atom. The van der Waals surface area contributed by atoms with Crippen molar-refractivity contribution < 1.29 is 13.8 Å². The number of pyridine rings is 1. The van der Waals surface area contributed by atoms with E-state index >= 15 is 0 Å². The molecule has 140 valence electrons. The average Bonchev–Trinajstić information content (AvgIpc) is 3.42. The van der Waals surface area contributed by atoms with E-state index in [9.17, 15) is 4.79 Å². The van der Waals surface area contributed by atoms with Gasteiger partial charge in [-0.25, -0.2) is 0 Å². The molecular formula is C19H21N5O3. The highest BCUT2D eigenvalue weighted by atomic mass is 16.5. The zero-order valence-electron chi connectivity index (χ0n) is 15.2. The fourth-order valence-corrected chi connectivity index (χ4v) is 3.42. The molecule has 0 radical (unpaired) electrons. The number of hydrogen-bond donors (Lipinski definition) is 0. The van der Waals surface area contributed by atoms with Gasteiger partial charge in [-0.15, -0.1) is 0 Å². The minimum absolute atomic E-state index is 0.0236. The van der Waals surface area contributed by atoms with Crippen molar-refractivity contribution in [2.45, 2.75) is 45.1 Å². The summed E-state index contributed by atoms with van der Waals surface area (Å²) >= 11 is 0. The van der Waals surface area contributed by atoms with E-state index in [0.717, 1.165) is 36.4 Å². The van der Waals surface area contributed by atoms with E-state index in [2.05, 4.69) is 20.3 Å². The number of aryl methyl sites for hydroxylation is 2. The molecular weight excluding hydrogens is 346 g/mol. The minimum atomic E-state index is 0.0236. The molecule has 0 aromatic carbocycles. The predicted octanol–water partition coefficient (Wildman–Crippen LogP) is 3.11. The number of likely N-dealkylation sites (tertiary alicyclic amines) is 1. The van der Waals surface area contributed by atoms with Crippen LogP contribution in [0.4, 0.5) is 0 Å². The van der Waals surface area contributed by atoms with Gasteiger partial charge in [-0.1, -0.05) is 10.3 Å². The van der Waals surface area contributed by atoms with Gasteiger partial charge in [-0.2, -0.15) is 4.98 Å². The summed E-state index contributed by atoms with van der Waals surface area (Å²) in [5.41, 5.74) is 1.66. The Morgan fingerprint density at radius 3 is 3.04 bits per heavy atom. The quantitative estimate of drug-likeness (QED) is 0.660. The number of amides is 1. The van der Waals surface area contributed by atoms with Crippen molar-refractivity contribution in [3.63, 3.8) is 0 Å². The van der Waals surface area contributed by atoms with Crippen molar-refractivity contribution in [2.24, 2.45) is 0 Å². The molecule has 0 unspecified atom stereocenters. The first kappa shape index (κ1) is 17.4. The molecule has 0 aliphatic carbocycles. The number of hydrogen-bond acceptors (Lipinski definition) is 7. The molecule has 1 aliphatic heterocycles. The monoisotopic (exact) mass is 367 g/mol. The van der Waals surface area contributed by atoms with Gasteiger partial charge in [0.15, 0.2) is 0 Å². The van der Waals surface area contributed by atoms with Crippen LogP contribution >= 0.6 is 0 Å². The second-order valence-electron chi connectivity index (χ2n) is 6.71. The third-order valence-corrected chi connectivity index (χ3v) is 4.73. The number of nitrogens with zero attached hydrogens (tertiary/aromatic N) is 5. The molecule has 1 aliphatic rings. The lowest BCUT2D eigenvalue weighted by atomic mass is 10.1. The summed E-state index contributed by atoms with van der Waals surface area (Å²) in [4.78, 5) is 23.0. The van der Waals surface area contributed by atoms with E-state index in [0.29, 0.717) is 31.0 Å². The normalized spacial score (nSPS) is 16.8. The molecule has 8 nitrogen and oxygen atoms in total. The Morgan fingerprint density at radius 2 is 2.26 bits per heavy atom. The summed E-state index contributed by atoms with van der Waals surface area (Å²) in [7, 11) is 0. The molecule has 1 amide bonds. The average molecular weight is 367 g/mol. The fourth-order valence-electron chi connectivity index (χ4n) is 3.42. The van der Waals surface area contributed by atoms with E-state index in [-0.39, 0.29) is 11.9 Å². The lowest BCUT2D eigenvalue weighted by molar-refractivity contribution is -0.132. The molecule has 3 aromatic heterocycles. The molecule has 0 N–H and O–H groups in total. The smallest absolute Gasteiger partial charge is 0.226 e. The zero-order chi connectivity index (χ0) is 18.6. The Bertz CT molecular complexity index is 905. The number of aromatic nitrogens is 4. The highest BCUT2D eigenvalue weighted by Crippen LogP contribution is 2.32. The van der Waals surface area contributed by atoms with Crippen molar-refractivity contribution >= 4 is 5.91 Å². The van der Waals surface area contributed by atoms with Crippen molar-refractivity contribution in [1.29, 1.82) is 0 Å². The topological polar surface area (TPSA) is 98.2 Å². The number of rotatable bonds is 6. The van der Waals surface area contributed by atoms with Gasteiger partial charge in [0.1, 0.15) is 11.5 Å². The lowest BCUT2D eigenvalue weighted by Crippen LogP contribution is -2.30. The molecule has 27 heavy (non-hydrogen) atoms. The molecule has 0 bridgehead atoms. The van der Waals surface area contributed by atoms with Crippen LogP contribution in [0.2, 0.25) is 0 Å². The third kappa shape index (κ3) is 3.89. The lowest BCUT2D eigenvalue weighted by Gasteiger charge is -2.22. The number of carbonyl (C=O) groups excluding carboxylic acids is 1. The number of carbonyl (C=O) groups is 1. The SMILES string of the molecule is Cc1cc([C@H]2CCCN2C(=O)CCCc2nc(-c3cccnc3)no2)no1. The Hall–Kier alpha value is -3.03. The van der Waals surface area contributed by atoms with Gasteiger partial charge in [0.2, 0.25) is 17.6 Å². The van der Waals surface area contributed by atoms with E-state index < -0.39 is 0 Å². The van der Waals surface area contributed by atoms with Crippen molar-refractivity contribution in [2.75, 3.05) is 6.54 Å². The van der Waals surface area contributed by atoms with Crippen molar-refractivity contribution in [3.05, 3.63) is 47.9 Å². The first-order chi connectivity index (χ1) is 13.2. The van der Waals surface area contributed by atoms with Crippen LogP contribution in [-0.2, 0) is 11.2 Å². The van der Waals surface area contributed by atoms with Gasteiger partial charge >= 0.3 is 0 Å². The van der Waals surface area contributed by atoms with E-state index in [4.69, 9.17) is 9.05 Å². The summed E-state index contributed by atoms with van der Waals surface area (Å²) in [5, 5.41) is 8.06. The zero-order valence-corrected chi connectivity index (χ0v) is 15.2. The van der Waals surface area contributed by atoms with Crippen LogP contribution in [0.5, 0.6) is 0 Å². The first-order valence-electron chi connectivity index (χ1n) is 9.16. The van der Waals surface area contributed by atoms with Crippen molar-refractivity contribution in [1.82, 2.24) is 25.2 Å². The van der Waals surface area contributed by atoms with E-state index in [1.54, 1.807) is 12.4 Å². The van der Waals surface area contributed by atoms with Crippen LogP contribution in [-0.4, -0.2) is 37.6 Å². The van der Waals surface area contributed by atoms with Gasteiger partial charge in [-0.3, -0.25) is 9.78 Å². The summed E-state index contributed by atoms with van der Waals surface area (Å²) in [6, 6.07) is 5.64. The summed E-state index contributed by atoms with van der Waals surface area (Å²) in [6.45, 7) is 2.63. The largest absolute Gasteiger partial charge is 0.361 e. The Labute approximate surface area is 156 Å². The molecule has 1 fully saturated rings. The van der Waals surface area contributed by atoms with E-state index in [1.807, 2.05) is 30.0 Å². The molecule has 3 aromatic rings. The highest BCUT2D eigenvalue weighted by Gasteiger charge is 2.31. The van der Waals surface area contributed by atoms with Crippen LogP contribution in [0.15, 0.2) is 39.6 Å². The summed E-state index contributed by atoms with van der Waals surface area (Å²) < 4.78 is 10.4. The van der Waals surface area contributed by atoms with Crippen LogP contribution in [0, 0.1) is 6.92 Å². The van der Waals surface area contributed by atoms with Gasteiger partial charge in [-0.05, 0) is 38.3 Å². The third-order valence-electron chi connectivity index (χ3n) is 4.73. The Balaban J connectivity index is 1.31. The van der Waals surface area contributed by atoms with E-state index in [1.165, 1.54) is 0 Å². The molecule has 1 atom stereocenters. The van der Waals surface area contributed by atoms with Gasteiger partial charge in [0.05, 0.1) is 6.04 Å². The first-order valence-corrected chi connectivity index (χ1v) is 9.16. The summed E-state index contributed by atoms with van der Waals surface area (Å²) in [6.07, 6.45) is 6.97. The second kappa shape index (κ2) is 7.69. The molecule has 8 heteroatoms. The second-order valence-corrected chi connectivity index (χ2v) is 6.71. The van der Waals surface area contributed by atoms with Gasteiger partial charge in [0, 0.05) is 43.4 Å². The predicted molar refractivity (Wildman–Crippen MR) is 95.4 cm³/mol.